The third kappa shape index (κ3) is 2.10. The highest BCUT2D eigenvalue weighted by molar-refractivity contribution is 5.19. The summed E-state index contributed by atoms with van der Waals surface area (Å²) in [4.78, 5) is 0. The van der Waals surface area contributed by atoms with Crippen molar-refractivity contribution in [3.05, 3.63) is 41.6 Å². The molecule has 1 aliphatic rings. The fourth-order valence-electron chi connectivity index (χ4n) is 2.60. The smallest absolute Gasteiger partial charge is 0.264 e. The highest BCUT2D eigenvalue weighted by Gasteiger charge is 2.41. The van der Waals surface area contributed by atoms with E-state index in [1.165, 1.54) is 0 Å². The van der Waals surface area contributed by atoms with Gasteiger partial charge in [-0.3, -0.25) is 0 Å². The lowest BCUT2D eigenvalue weighted by Crippen LogP contribution is -2.43. The molecule has 1 aromatic carbocycles. The van der Waals surface area contributed by atoms with Crippen molar-refractivity contribution in [1.29, 1.82) is 0 Å². The third-order valence-electron chi connectivity index (χ3n) is 3.46. The van der Waals surface area contributed by atoms with E-state index in [-0.39, 0.29) is 6.10 Å². The van der Waals surface area contributed by atoms with Crippen LogP contribution in [0.4, 0.5) is 0 Å². The molecule has 100 valence electrons. The maximum absolute atomic E-state index is 11.7. The van der Waals surface area contributed by atoms with E-state index in [4.69, 9.17) is 9.26 Å². The number of nitrogens with zero attached hydrogens (tertiary/aromatic N) is 2. The van der Waals surface area contributed by atoms with Gasteiger partial charge in [0.25, 0.3) is 5.69 Å². The fourth-order valence-corrected chi connectivity index (χ4v) is 2.60. The molecule has 1 aliphatic heterocycles. The Morgan fingerprint density at radius 1 is 1.32 bits per heavy atom. The van der Waals surface area contributed by atoms with Gasteiger partial charge in [-0.25, -0.2) is 0 Å². The average Bonchev–Trinajstić information content (AvgIpc) is 2.70. The predicted molar refractivity (Wildman–Crippen MR) is 64.1 cm³/mol. The Morgan fingerprint density at radius 3 is 2.79 bits per heavy atom. The van der Waals surface area contributed by atoms with E-state index in [9.17, 15) is 5.11 Å². The van der Waals surface area contributed by atoms with E-state index < -0.39 is 11.5 Å². The Balaban J connectivity index is 1.97. The Morgan fingerprint density at radius 2 is 2.05 bits per heavy atom. The summed E-state index contributed by atoms with van der Waals surface area (Å²) in [6, 6.07) is 10.0. The molecule has 0 bridgehead atoms. The Bertz CT molecular complexity index is 578. The molecule has 5 nitrogen and oxygen atoms in total. The van der Waals surface area contributed by atoms with E-state index >= 15 is 0 Å². The standard InChI is InChI=1S/C14H16N2O3/c1-14(2)12-13(17)19-15-16(12)9-8-11(18-14)10-6-4-3-5-7-10/h3-7,11H,8-9H2,1-2H3. The van der Waals surface area contributed by atoms with Crippen LogP contribution in [0.2, 0.25) is 0 Å². The fraction of sp³-hybridized carbons (Fsp3) is 0.429. The van der Waals surface area contributed by atoms with Crippen molar-refractivity contribution in [2.45, 2.75) is 38.5 Å². The molecule has 5 heteroatoms. The minimum atomic E-state index is -0.714. The molecule has 0 fully saturated rings. The third-order valence-corrected chi connectivity index (χ3v) is 3.46. The number of aryl methyl sites for hydroxylation is 1. The zero-order valence-electron chi connectivity index (χ0n) is 11.0. The van der Waals surface area contributed by atoms with Gasteiger partial charge in [-0.2, -0.15) is 0 Å². The van der Waals surface area contributed by atoms with Crippen LogP contribution in [0, 0.1) is 0 Å². The van der Waals surface area contributed by atoms with Gasteiger partial charge >= 0.3 is 0 Å². The first-order valence-corrected chi connectivity index (χ1v) is 6.38. The summed E-state index contributed by atoms with van der Waals surface area (Å²) in [5.41, 5.74) is 0.880. The Labute approximate surface area is 111 Å². The summed E-state index contributed by atoms with van der Waals surface area (Å²) in [6.07, 6.45) is 0.717. The molecule has 0 saturated carbocycles. The van der Waals surface area contributed by atoms with Gasteiger partial charge in [0.15, 0.2) is 18.1 Å². The number of aromatic nitrogens is 2. The maximum atomic E-state index is 11.7. The van der Waals surface area contributed by atoms with Crippen molar-refractivity contribution in [2.24, 2.45) is 0 Å². The number of hydrogen-bond acceptors (Lipinski definition) is 4. The lowest BCUT2D eigenvalue weighted by atomic mass is 10.0. The number of fused-ring (bicyclic) bond motifs is 1. The van der Waals surface area contributed by atoms with Crippen LogP contribution in [0.15, 0.2) is 34.9 Å². The van der Waals surface area contributed by atoms with Crippen LogP contribution in [-0.2, 0) is 16.9 Å². The van der Waals surface area contributed by atoms with Gasteiger partial charge in [0.2, 0.25) is 0 Å². The molecule has 0 saturated heterocycles. The summed E-state index contributed by atoms with van der Waals surface area (Å²) in [5, 5.41) is 15.5. The van der Waals surface area contributed by atoms with E-state index in [0.29, 0.717) is 12.2 Å². The van der Waals surface area contributed by atoms with E-state index in [0.717, 1.165) is 12.0 Å². The lowest BCUT2D eigenvalue weighted by molar-refractivity contribution is -0.770. The Hall–Kier alpha value is -1.88. The van der Waals surface area contributed by atoms with Gasteiger partial charge in [-0.15, -0.1) is 0 Å². The number of ether oxygens (including phenoxy) is 1. The van der Waals surface area contributed by atoms with E-state index in [1.807, 2.05) is 44.2 Å². The molecule has 2 aromatic rings. The first kappa shape index (κ1) is 12.2. The van der Waals surface area contributed by atoms with Crippen molar-refractivity contribution in [3.63, 3.8) is 0 Å². The molecule has 3 rings (SSSR count). The van der Waals surface area contributed by atoms with E-state index in [2.05, 4.69) is 5.27 Å². The Kier molecular flexibility index (Phi) is 2.78. The first-order chi connectivity index (χ1) is 9.08. The minimum absolute atomic E-state index is 0.0442. The molecule has 0 amide bonds. The number of rotatable bonds is 1. The van der Waals surface area contributed by atoms with Gasteiger partial charge in [0.1, 0.15) is 0 Å². The normalized spacial score (nSPS) is 21.7. The molecule has 2 heterocycles. The predicted octanol–water partition coefficient (Wildman–Crippen LogP) is 1.43. The second-order valence-electron chi connectivity index (χ2n) is 5.25. The van der Waals surface area contributed by atoms with Gasteiger partial charge < -0.3 is 14.4 Å². The molecule has 1 unspecified atom stereocenters. The average molecular weight is 260 g/mol. The van der Waals surface area contributed by atoms with Crippen molar-refractivity contribution in [1.82, 2.24) is 5.27 Å². The van der Waals surface area contributed by atoms with Crippen LogP contribution in [0.5, 0.6) is 5.95 Å². The summed E-state index contributed by atoms with van der Waals surface area (Å²) in [5.74, 6) is -0.418. The topological polar surface area (TPSA) is 62.2 Å². The highest BCUT2D eigenvalue weighted by Crippen LogP contribution is 2.36. The lowest BCUT2D eigenvalue weighted by Gasteiger charge is -2.25. The van der Waals surface area contributed by atoms with Crippen LogP contribution in [0.1, 0.15) is 37.6 Å². The van der Waals surface area contributed by atoms with Crippen LogP contribution >= 0.6 is 0 Å². The van der Waals surface area contributed by atoms with Crippen LogP contribution in [0.25, 0.3) is 0 Å². The molecule has 0 aliphatic carbocycles. The summed E-state index contributed by atoms with van der Waals surface area (Å²) in [7, 11) is 0. The second kappa shape index (κ2) is 4.35. The molecule has 1 aromatic heterocycles. The van der Waals surface area contributed by atoms with Gasteiger partial charge in [-0.05, 0) is 19.4 Å². The van der Waals surface area contributed by atoms with Gasteiger partial charge in [0.05, 0.1) is 11.4 Å². The zero-order valence-corrected chi connectivity index (χ0v) is 11.0. The van der Waals surface area contributed by atoms with Gasteiger partial charge in [-0.1, -0.05) is 35.0 Å². The van der Waals surface area contributed by atoms with Gasteiger partial charge in [0, 0.05) is 6.42 Å². The summed E-state index contributed by atoms with van der Waals surface area (Å²) >= 11 is 0. The van der Waals surface area contributed by atoms with Crippen molar-refractivity contribution < 1.29 is 19.0 Å². The van der Waals surface area contributed by atoms with Crippen LogP contribution in [-0.4, -0.2) is 5.27 Å². The molecular formula is C14H16N2O3. The number of benzene rings is 1. The number of hydrogen-bond donors (Lipinski definition) is 0. The molecular weight excluding hydrogens is 244 g/mol. The summed E-state index contributed by atoms with van der Waals surface area (Å²) < 4.78 is 12.5. The SMILES string of the molecule is CC1(C)OC(c2ccccc2)CC[n+]2noc([O-])c21. The summed E-state index contributed by atoms with van der Waals surface area (Å²) in [6.45, 7) is 4.36. The second-order valence-corrected chi connectivity index (χ2v) is 5.25. The van der Waals surface area contributed by atoms with Crippen molar-refractivity contribution in [3.8, 4) is 5.95 Å². The quantitative estimate of drug-likeness (QED) is 0.728. The van der Waals surface area contributed by atoms with Crippen molar-refractivity contribution in [2.75, 3.05) is 0 Å². The zero-order chi connectivity index (χ0) is 13.5. The molecule has 0 N–H and O–H groups in total. The largest absolute Gasteiger partial charge is 0.539 e. The minimum Gasteiger partial charge on any atom is -0.539 e. The molecule has 0 radical (unpaired) electrons. The van der Waals surface area contributed by atoms with E-state index in [1.54, 1.807) is 4.68 Å². The van der Waals surface area contributed by atoms with Crippen molar-refractivity contribution >= 4 is 0 Å². The monoisotopic (exact) mass is 260 g/mol. The molecule has 19 heavy (non-hydrogen) atoms. The molecule has 0 spiro atoms. The maximum Gasteiger partial charge on any atom is 0.264 e. The van der Waals surface area contributed by atoms with Crippen LogP contribution < -0.4 is 9.79 Å². The first-order valence-electron chi connectivity index (χ1n) is 6.38. The van der Waals surface area contributed by atoms with Crippen LogP contribution in [0.3, 0.4) is 0 Å². The highest BCUT2D eigenvalue weighted by atomic mass is 16.6. The molecule has 1 atom stereocenters.